The molecule has 2 rings (SSSR count). The molecule has 0 fully saturated rings. The molecule has 0 radical (unpaired) electrons. The molecular weight excluding hydrogens is 242 g/mol. The number of hydrogen-bond donors (Lipinski definition) is 0. The fourth-order valence-electron chi connectivity index (χ4n) is 1.74. The van der Waals surface area contributed by atoms with Gasteiger partial charge in [0.15, 0.2) is 0 Å². The molecule has 0 saturated carbocycles. The predicted molar refractivity (Wildman–Crippen MR) is 75.4 cm³/mol. The van der Waals surface area contributed by atoms with Gasteiger partial charge in [-0.25, -0.2) is 4.98 Å². The number of hydrogen-bond acceptors (Lipinski definition) is 3. The molecule has 1 aromatic heterocycles. The molecule has 2 aromatic rings. The Balaban J connectivity index is 2.28. The fraction of sp³-hybridized carbons (Fsp3) is 0.333. The number of aromatic nitrogens is 1. The van der Waals surface area contributed by atoms with Crippen molar-refractivity contribution in [1.29, 1.82) is 0 Å². The topological polar surface area (TPSA) is 30.0 Å². The normalized spacial score (nSPS) is 11.6. The van der Waals surface area contributed by atoms with Crippen LogP contribution in [0.25, 0.3) is 0 Å². The molecule has 0 spiro atoms. The van der Waals surface area contributed by atoms with Gasteiger partial charge in [-0.2, -0.15) is 0 Å². The number of nitrogens with zero attached hydrogens (tertiary/aromatic N) is 1. The molecule has 0 atom stereocenters. The van der Waals surface area contributed by atoms with E-state index >= 15 is 0 Å². The van der Waals surface area contributed by atoms with Crippen molar-refractivity contribution in [3.63, 3.8) is 0 Å². The summed E-state index contributed by atoms with van der Waals surface area (Å²) < 4.78 is 0. The molecule has 3 heteroatoms. The third-order valence-corrected chi connectivity index (χ3v) is 3.64. The second kappa shape index (κ2) is 4.65. The van der Waals surface area contributed by atoms with Crippen LogP contribution in [0.15, 0.2) is 29.6 Å². The summed E-state index contributed by atoms with van der Waals surface area (Å²) in [4.78, 5) is 16.4. The van der Waals surface area contributed by atoms with Crippen LogP contribution in [0.3, 0.4) is 0 Å². The maximum Gasteiger partial charge on any atom is 0.212 e. The Hall–Kier alpha value is -1.48. The van der Waals surface area contributed by atoms with Crippen LogP contribution < -0.4 is 0 Å². The summed E-state index contributed by atoms with van der Waals surface area (Å²) >= 11 is 1.50. The monoisotopic (exact) mass is 259 g/mol. The van der Waals surface area contributed by atoms with Gasteiger partial charge in [0.1, 0.15) is 5.69 Å². The van der Waals surface area contributed by atoms with E-state index in [0.717, 1.165) is 5.01 Å². The Bertz CT molecular complexity index is 561. The van der Waals surface area contributed by atoms with Crippen LogP contribution in [0.2, 0.25) is 0 Å². The molecule has 0 aliphatic rings. The molecule has 1 aromatic carbocycles. The van der Waals surface area contributed by atoms with Gasteiger partial charge in [-0.3, -0.25) is 4.79 Å². The summed E-state index contributed by atoms with van der Waals surface area (Å²) in [6, 6.07) is 7.81. The zero-order valence-electron chi connectivity index (χ0n) is 11.2. The zero-order chi connectivity index (χ0) is 13.3. The van der Waals surface area contributed by atoms with Crippen LogP contribution in [-0.2, 0) is 5.41 Å². The SMILES string of the molecule is Cc1nc(C(=O)c2ccc(C(C)(C)C)cc2)cs1. The van der Waals surface area contributed by atoms with Gasteiger partial charge in [0.25, 0.3) is 0 Å². The molecule has 0 amide bonds. The first-order chi connectivity index (χ1) is 8.38. The predicted octanol–water partition coefficient (Wildman–Crippen LogP) is 3.98. The van der Waals surface area contributed by atoms with Crippen molar-refractivity contribution in [2.45, 2.75) is 33.1 Å². The highest BCUT2D eigenvalue weighted by Gasteiger charge is 2.16. The van der Waals surface area contributed by atoms with E-state index in [0.29, 0.717) is 11.3 Å². The summed E-state index contributed by atoms with van der Waals surface area (Å²) in [5.41, 5.74) is 2.58. The van der Waals surface area contributed by atoms with E-state index in [1.165, 1.54) is 16.9 Å². The quantitative estimate of drug-likeness (QED) is 0.764. The van der Waals surface area contributed by atoms with Crippen LogP contribution in [0.1, 0.15) is 47.4 Å². The van der Waals surface area contributed by atoms with Gasteiger partial charge < -0.3 is 0 Å². The molecule has 0 N–H and O–H groups in total. The van der Waals surface area contributed by atoms with Gasteiger partial charge in [-0.05, 0) is 17.9 Å². The van der Waals surface area contributed by atoms with Crippen molar-refractivity contribution in [2.75, 3.05) is 0 Å². The van der Waals surface area contributed by atoms with E-state index in [4.69, 9.17) is 0 Å². The minimum absolute atomic E-state index is 0.000177. The molecule has 1 heterocycles. The average Bonchev–Trinajstić information content (AvgIpc) is 2.74. The number of benzene rings is 1. The lowest BCUT2D eigenvalue weighted by Crippen LogP contribution is -2.11. The lowest BCUT2D eigenvalue weighted by atomic mass is 9.86. The minimum atomic E-state index is -0.000177. The number of thiazole rings is 1. The number of rotatable bonds is 2. The van der Waals surface area contributed by atoms with Crippen LogP contribution >= 0.6 is 11.3 Å². The molecule has 0 saturated heterocycles. The highest BCUT2D eigenvalue weighted by Crippen LogP contribution is 2.23. The lowest BCUT2D eigenvalue weighted by Gasteiger charge is -2.18. The van der Waals surface area contributed by atoms with Gasteiger partial charge in [0.2, 0.25) is 5.78 Å². The summed E-state index contributed by atoms with van der Waals surface area (Å²) in [6.45, 7) is 8.39. The van der Waals surface area contributed by atoms with Gasteiger partial charge >= 0.3 is 0 Å². The fourth-order valence-corrected chi connectivity index (χ4v) is 2.33. The number of ketones is 1. The first-order valence-electron chi connectivity index (χ1n) is 5.95. The van der Waals surface area contributed by atoms with Crippen molar-refractivity contribution in [3.8, 4) is 0 Å². The zero-order valence-corrected chi connectivity index (χ0v) is 12.0. The summed E-state index contributed by atoms with van der Waals surface area (Å²) in [6.07, 6.45) is 0. The average molecular weight is 259 g/mol. The highest BCUT2D eigenvalue weighted by atomic mass is 32.1. The highest BCUT2D eigenvalue weighted by molar-refractivity contribution is 7.09. The molecule has 2 nitrogen and oxygen atoms in total. The largest absolute Gasteiger partial charge is 0.287 e. The van der Waals surface area contributed by atoms with Gasteiger partial charge in [-0.15, -0.1) is 11.3 Å². The summed E-state index contributed by atoms with van der Waals surface area (Å²) in [5, 5.41) is 2.74. The van der Waals surface area contributed by atoms with Gasteiger partial charge in [-0.1, -0.05) is 45.0 Å². The Labute approximate surface area is 112 Å². The molecule has 0 aliphatic heterocycles. The molecule has 18 heavy (non-hydrogen) atoms. The Morgan fingerprint density at radius 3 is 2.22 bits per heavy atom. The second-order valence-electron chi connectivity index (χ2n) is 5.41. The van der Waals surface area contributed by atoms with Crippen molar-refractivity contribution in [3.05, 3.63) is 51.5 Å². The van der Waals surface area contributed by atoms with Crippen LogP contribution in [0, 0.1) is 6.92 Å². The van der Waals surface area contributed by atoms with Crippen molar-refractivity contribution < 1.29 is 4.79 Å². The Morgan fingerprint density at radius 1 is 1.17 bits per heavy atom. The van der Waals surface area contributed by atoms with E-state index in [1.54, 1.807) is 0 Å². The number of carbonyl (C=O) groups is 1. The minimum Gasteiger partial charge on any atom is -0.287 e. The summed E-state index contributed by atoms with van der Waals surface area (Å²) in [5.74, 6) is -0.000177. The maximum absolute atomic E-state index is 12.2. The van der Waals surface area contributed by atoms with Crippen LogP contribution in [0.5, 0.6) is 0 Å². The van der Waals surface area contributed by atoms with Gasteiger partial charge in [0, 0.05) is 10.9 Å². The third-order valence-electron chi connectivity index (χ3n) is 2.86. The number of aryl methyl sites for hydroxylation is 1. The van der Waals surface area contributed by atoms with E-state index in [1.807, 2.05) is 36.6 Å². The van der Waals surface area contributed by atoms with Crippen LogP contribution in [-0.4, -0.2) is 10.8 Å². The standard InChI is InChI=1S/C15H17NOS/c1-10-16-13(9-18-10)14(17)11-5-7-12(8-6-11)15(2,3)4/h5-9H,1-4H3. The van der Waals surface area contributed by atoms with Crippen LogP contribution in [0.4, 0.5) is 0 Å². The van der Waals surface area contributed by atoms with E-state index in [2.05, 4.69) is 25.8 Å². The van der Waals surface area contributed by atoms with E-state index < -0.39 is 0 Å². The Morgan fingerprint density at radius 2 is 1.78 bits per heavy atom. The van der Waals surface area contributed by atoms with Crippen molar-refractivity contribution in [1.82, 2.24) is 4.98 Å². The summed E-state index contributed by atoms with van der Waals surface area (Å²) in [7, 11) is 0. The third kappa shape index (κ3) is 2.67. The van der Waals surface area contributed by atoms with Crippen molar-refractivity contribution in [2.24, 2.45) is 0 Å². The molecular formula is C15H17NOS. The molecule has 0 unspecified atom stereocenters. The van der Waals surface area contributed by atoms with E-state index in [-0.39, 0.29) is 11.2 Å². The van der Waals surface area contributed by atoms with Gasteiger partial charge in [0.05, 0.1) is 5.01 Å². The Kier molecular flexibility index (Phi) is 3.35. The molecule has 94 valence electrons. The molecule has 0 aliphatic carbocycles. The number of carbonyl (C=O) groups excluding carboxylic acids is 1. The smallest absolute Gasteiger partial charge is 0.212 e. The second-order valence-corrected chi connectivity index (χ2v) is 6.47. The molecule has 0 bridgehead atoms. The first-order valence-corrected chi connectivity index (χ1v) is 6.83. The maximum atomic E-state index is 12.2. The van der Waals surface area contributed by atoms with E-state index in [9.17, 15) is 4.79 Å². The lowest BCUT2D eigenvalue weighted by molar-refractivity contribution is 0.103. The first kappa shape index (κ1) is 13.0. The van der Waals surface area contributed by atoms with Crippen molar-refractivity contribution >= 4 is 17.1 Å².